The van der Waals surface area contributed by atoms with E-state index >= 15 is 0 Å². The van der Waals surface area contributed by atoms with Crippen LogP contribution in [0.15, 0.2) is 364 Å². The van der Waals surface area contributed by atoms with E-state index in [9.17, 15) is 0 Å². The number of thiophene rings is 2. The number of rotatable bonds is 13. The second-order valence-corrected chi connectivity index (χ2v) is 30.9. The van der Waals surface area contributed by atoms with Crippen LogP contribution in [-0.2, 0) is 10.8 Å². The number of hydrogen-bond acceptors (Lipinski definition) is 4. The molecule has 18 aromatic rings. The lowest BCUT2D eigenvalue weighted by atomic mass is 9.67. The van der Waals surface area contributed by atoms with Gasteiger partial charge in [-0.25, -0.2) is 0 Å². The Labute approximate surface area is 627 Å². The van der Waals surface area contributed by atoms with Crippen molar-refractivity contribution < 1.29 is 0 Å². The summed E-state index contributed by atoms with van der Waals surface area (Å²) >= 11 is 3.73. The first-order chi connectivity index (χ1) is 52.2. The maximum absolute atomic E-state index is 2.58. The summed E-state index contributed by atoms with van der Waals surface area (Å²) in [6.45, 7) is 9.20. The number of benzene rings is 16. The summed E-state index contributed by atoms with van der Waals surface area (Å²) in [5.74, 6) is 0. The Hall–Kier alpha value is -12.4. The molecule has 0 bridgehead atoms. The molecule has 0 fully saturated rings. The Bertz CT molecular complexity index is 6050. The van der Waals surface area contributed by atoms with Crippen LogP contribution in [0.4, 0.5) is 34.1 Å². The Balaban J connectivity index is 0.770. The molecule has 20 rings (SSSR count). The molecule has 2 heterocycles. The van der Waals surface area contributed by atoms with Crippen molar-refractivity contribution in [1.29, 1.82) is 0 Å². The van der Waals surface area contributed by atoms with Crippen LogP contribution in [0.1, 0.15) is 66.8 Å². The second-order valence-electron chi connectivity index (χ2n) is 28.7. The van der Waals surface area contributed by atoms with Gasteiger partial charge in [0.2, 0.25) is 0 Å². The van der Waals surface area contributed by atoms with Crippen molar-refractivity contribution in [3.05, 3.63) is 431 Å². The first kappa shape index (κ1) is 63.3. The number of fused-ring (bicyclic) bond motifs is 12. The topological polar surface area (TPSA) is 6.48 Å². The van der Waals surface area contributed by atoms with Crippen molar-refractivity contribution in [2.45, 2.75) is 38.5 Å². The van der Waals surface area contributed by atoms with E-state index in [2.05, 4.69) is 401 Å². The molecule has 2 nitrogen and oxygen atoms in total. The molecule has 2 aliphatic carbocycles. The average molecular weight is 1390 g/mol. The molecule has 0 radical (unpaired) electrons. The van der Waals surface area contributed by atoms with E-state index in [1.165, 1.54) is 140 Å². The fourth-order valence-electron chi connectivity index (χ4n) is 18.3. The van der Waals surface area contributed by atoms with E-state index < -0.39 is 10.8 Å². The molecule has 0 spiro atoms. The highest BCUT2D eigenvalue weighted by atomic mass is 32.1. The largest absolute Gasteiger partial charge is 0.309 e. The molecule has 4 heteroatoms. The minimum absolute atomic E-state index is 0.593. The molecule has 0 atom stereocenters. The summed E-state index contributed by atoms with van der Waals surface area (Å²) < 4.78 is 5.18. The lowest BCUT2D eigenvalue weighted by Crippen LogP contribution is -2.28. The highest BCUT2D eigenvalue weighted by Gasteiger charge is 2.48. The fourth-order valence-corrected chi connectivity index (χ4v) is 20.4. The zero-order valence-corrected chi connectivity index (χ0v) is 61.0. The van der Waals surface area contributed by atoms with Gasteiger partial charge in [-0.3, -0.25) is 0 Å². The van der Waals surface area contributed by atoms with Crippen LogP contribution in [0.3, 0.4) is 0 Å². The monoisotopic (exact) mass is 1390 g/mol. The Morgan fingerprint density at radius 1 is 0.217 bits per heavy atom. The van der Waals surface area contributed by atoms with Gasteiger partial charge in [0.25, 0.3) is 0 Å². The molecule has 0 saturated carbocycles. The summed E-state index contributed by atoms with van der Waals surface area (Å²) in [7, 11) is 0. The maximum Gasteiger partial charge on any atom is 0.0714 e. The Kier molecular flexibility index (Phi) is 15.0. The van der Waals surface area contributed by atoms with Crippen molar-refractivity contribution >= 4 is 97.1 Å². The molecule has 2 aliphatic rings. The first-order valence-corrected chi connectivity index (χ1v) is 38.4. The maximum atomic E-state index is 2.58. The first-order valence-electron chi connectivity index (χ1n) is 36.8. The molecule has 502 valence electrons. The van der Waals surface area contributed by atoms with E-state index in [1.54, 1.807) is 0 Å². The Morgan fingerprint density at radius 3 is 0.943 bits per heavy atom. The van der Waals surface area contributed by atoms with Gasteiger partial charge in [-0.15, -0.1) is 22.7 Å². The number of para-hydroxylation sites is 2. The molecule has 16 aromatic carbocycles. The van der Waals surface area contributed by atoms with Gasteiger partial charge in [-0.05, 0) is 224 Å². The van der Waals surface area contributed by atoms with Gasteiger partial charge < -0.3 is 9.80 Å². The van der Waals surface area contributed by atoms with Crippen LogP contribution < -0.4 is 9.80 Å². The lowest BCUT2D eigenvalue weighted by Gasteiger charge is -2.36. The SMILES string of the molecule is Cc1cc(-c2ccc(N(c3ccc4c(c3)C(c3ccccc3)(c3ccccc3)c3ccccc3-4)c3c(C)cccc3-c3ccc4sc5ccccc5c4c3)c(C)c2)ccc1N(c1ccc2c(c1)C(c1ccccc1)(c1ccccc1)c1ccccc1-2)c1c(C)cccc1-c1ccc2sc3ccccc3c2c1. The summed E-state index contributed by atoms with van der Waals surface area (Å²) in [5, 5.41) is 5.14. The zero-order valence-electron chi connectivity index (χ0n) is 59.4. The number of anilines is 6. The molecular weight excluding hydrogens is 1320 g/mol. The number of aryl methyl sites for hydroxylation is 4. The summed E-state index contributed by atoms with van der Waals surface area (Å²) in [4.78, 5) is 5.15. The van der Waals surface area contributed by atoms with E-state index in [0.717, 1.165) is 56.4 Å². The van der Waals surface area contributed by atoms with Crippen molar-refractivity contribution in [2.75, 3.05) is 9.80 Å². The van der Waals surface area contributed by atoms with Gasteiger partial charge in [0.1, 0.15) is 0 Å². The predicted molar refractivity (Wildman–Crippen MR) is 451 cm³/mol. The van der Waals surface area contributed by atoms with E-state index in [4.69, 9.17) is 0 Å². The summed E-state index contributed by atoms with van der Waals surface area (Å²) in [6, 6.07) is 137. The third-order valence-electron chi connectivity index (χ3n) is 22.9. The van der Waals surface area contributed by atoms with Crippen molar-refractivity contribution in [3.8, 4) is 55.6 Å². The molecule has 0 saturated heterocycles. The minimum atomic E-state index is -0.593. The average Bonchev–Trinajstić information content (AvgIpc) is 1.54. The highest BCUT2D eigenvalue weighted by molar-refractivity contribution is 7.26. The molecular formula is C102H72N2S2. The lowest BCUT2D eigenvalue weighted by molar-refractivity contribution is 0.768. The number of hydrogen-bond donors (Lipinski definition) is 0. The van der Waals surface area contributed by atoms with Gasteiger partial charge in [-0.1, -0.05) is 279 Å². The standard InChI is InChI=1S/C102H72N2S2/c1-65-27-25-41-79(71-49-57-97-87(61-71)85-39-19-23-45-95(85)105-97)99(65)103(77-51-53-83-81-37-17-21-43-89(81)101(91(83)63-77,73-29-9-5-10-30-73)74-31-11-6-12-32-74)93-55-47-69(59-67(93)3)70-48-56-94(68(4)60-70)104(100-66(2)28-26-42-80(100)72-50-58-98-88(62-72)86-40-20-24-46-96(86)106-98)78-52-54-84-82-38-18-22-44-90(82)102(92(84)64-78,75-33-13-7-14-34-75)76-35-15-8-16-36-76/h5-64H,1-4H3. The molecule has 0 unspecified atom stereocenters. The van der Waals surface area contributed by atoms with Crippen LogP contribution in [0.2, 0.25) is 0 Å². The van der Waals surface area contributed by atoms with Crippen LogP contribution in [0.5, 0.6) is 0 Å². The zero-order chi connectivity index (χ0) is 70.8. The third-order valence-corrected chi connectivity index (χ3v) is 25.2. The number of nitrogens with zero attached hydrogens (tertiary/aromatic N) is 2. The van der Waals surface area contributed by atoms with Crippen LogP contribution in [0.25, 0.3) is 96.0 Å². The van der Waals surface area contributed by atoms with Crippen molar-refractivity contribution in [3.63, 3.8) is 0 Å². The van der Waals surface area contributed by atoms with Gasteiger partial charge in [0, 0.05) is 74.2 Å². The van der Waals surface area contributed by atoms with E-state index in [1.807, 2.05) is 22.7 Å². The van der Waals surface area contributed by atoms with Crippen molar-refractivity contribution in [2.24, 2.45) is 0 Å². The summed E-state index contributed by atoms with van der Waals surface area (Å²) in [5.41, 5.74) is 32.3. The molecule has 106 heavy (non-hydrogen) atoms. The smallest absolute Gasteiger partial charge is 0.0714 e. The van der Waals surface area contributed by atoms with E-state index in [0.29, 0.717) is 0 Å². The highest BCUT2D eigenvalue weighted by Crippen LogP contribution is 2.61. The molecule has 2 aromatic heterocycles. The third kappa shape index (κ3) is 9.75. The van der Waals surface area contributed by atoms with Gasteiger partial charge in [0.05, 0.1) is 22.2 Å². The van der Waals surface area contributed by atoms with Crippen LogP contribution in [-0.4, -0.2) is 0 Å². The summed E-state index contributed by atoms with van der Waals surface area (Å²) in [6.07, 6.45) is 0. The van der Waals surface area contributed by atoms with Crippen LogP contribution in [0, 0.1) is 27.7 Å². The van der Waals surface area contributed by atoms with Gasteiger partial charge in [0.15, 0.2) is 0 Å². The fraction of sp³-hybridized carbons (Fsp3) is 0.0588. The molecule has 0 amide bonds. The molecule has 0 N–H and O–H groups in total. The van der Waals surface area contributed by atoms with E-state index in [-0.39, 0.29) is 0 Å². The minimum Gasteiger partial charge on any atom is -0.309 e. The normalized spacial score (nSPS) is 13.1. The second kappa shape index (κ2) is 25.2. The molecule has 0 aliphatic heterocycles. The quantitative estimate of drug-likeness (QED) is 0.114. The predicted octanol–water partition coefficient (Wildman–Crippen LogP) is 28.3. The van der Waals surface area contributed by atoms with Crippen LogP contribution >= 0.6 is 22.7 Å². The Morgan fingerprint density at radius 2 is 0.547 bits per heavy atom. The van der Waals surface area contributed by atoms with Gasteiger partial charge in [-0.2, -0.15) is 0 Å². The van der Waals surface area contributed by atoms with Gasteiger partial charge >= 0.3 is 0 Å². The van der Waals surface area contributed by atoms with Crippen molar-refractivity contribution in [1.82, 2.24) is 0 Å².